The first-order valence-electron chi connectivity index (χ1n) is 13.2. The number of hydrogen-bond donors (Lipinski definition) is 3. The molecule has 1 aliphatic heterocycles. The summed E-state index contributed by atoms with van der Waals surface area (Å²) in [5.74, 6) is -0.567. The third kappa shape index (κ3) is 7.34. The quantitative estimate of drug-likeness (QED) is 0.160. The van der Waals surface area contributed by atoms with E-state index in [1.54, 1.807) is 42.5 Å². The summed E-state index contributed by atoms with van der Waals surface area (Å²) in [6.07, 6.45) is 9.35. The largest absolute Gasteiger partial charge is 0.469 e. The lowest BCUT2D eigenvalue weighted by molar-refractivity contribution is -0.139. The van der Waals surface area contributed by atoms with Crippen molar-refractivity contribution in [3.63, 3.8) is 0 Å². The maximum absolute atomic E-state index is 13.1. The molecule has 3 heterocycles. The highest BCUT2D eigenvalue weighted by Crippen LogP contribution is 2.35. The van der Waals surface area contributed by atoms with Gasteiger partial charge in [-0.2, -0.15) is 4.68 Å². The molecule has 2 aromatic heterocycles. The maximum Gasteiger partial charge on any atom is 0.309 e. The zero-order valence-corrected chi connectivity index (χ0v) is 24.4. The van der Waals surface area contributed by atoms with Gasteiger partial charge in [0.15, 0.2) is 0 Å². The Morgan fingerprint density at radius 3 is 2.84 bits per heavy atom. The van der Waals surface area contributed by atoms with Crippen LogP contribution in [0, 0.1) is 0 Å². The van der Waals surface area contributed by atoms with Gasteiger partial charge in [-0.25, -0.2) is 4.98 Å². The fraction of sp³-hybridized carbons (Fsp3) is 0.207. The summed E-state index contributed by atoms with van der Waals surface area (Å²) in [5, 5.41) is 17.8. The van der Waals surface area contributed by atoms with Gasteiger partial charge in [0.25, 0.3) is 0 Å². The van der Waals surface area contributed by atoms with Crippen molar-refractivity contribution in [1.29, 1.82) is 0 Å². The number of nitrogens with zero attached hydrogens (tertiary/aromatic N) is 5. The summed E-state index contributed by atoms with van der Waals surface area (Å²) < 4.78 is 6.24. The molecule has 0 radical (unpaired) electrons. The highest BCUT2D eigenvalue weighted by Gasteiger charge is 2.22. The number of tetrazole rings is 1. The van der Waals surface area contributed by atoms with E-state index in [9.17, 15) is 14.4 Å². The Hall–Kier alpha value is -4.81. The van der Waals surface area contributed by atoms with Gasteiger partial charge in [-0.1, -0.05) is 47.5 Å². The van der Waals surface area contributed by atoms with Gasteiger partial charge in [-0.3, -0.25) is 14.4 Å². The molecule has 0 saturated heterocycles. The van der Waals surface area contributed by atoms with Crippen molar-refractivity contribution < 1.29 is 19.1 Å². The van der Waals surface area contributed by atoms with E-state index in [2.05, 4.69) is 31.1 Å². The zero-order chi connectivity index (χ0) is 30.3. The lowest BCUT2D eigenvalue weighted by Gasteiger charge is -2.14. The molecule has 3 N–H and O–H groups in total. The van der Waals surface area contributed by atoms with E-state index in [1.807, 2.05) is 12.2 Å². The van der Waals surface area contributed by atoms with Crippen molar-refractivity contribution in [2.45, 2.75) is 31.7 Å². The van der Waals surface area contributed by atoms with Gasteiger partial charge in [-0.05, 0) is 59.2 Å². The molecule has 0 saturated carbocycles. The van der Waals surface area contributed by atoms with E-state index < -0.39 is 12.0 Å². The van der Waals surface area contributed by atoms with E-state index in [0.717, 1.165) is 0 Å². The van der Waals surface area contributed by atoms with Crippen LogP contribution in [0.2, 0.25) is 10.2 Å². The minimum atomic E-state index is -0.565. The molecule has 12 nitrogen and oxygen atoms in total. The van der Waals surface area contributed by atoms with Crippen LogP contribution in [0.5, 0.6) is 0 Å². The number of carbonyl (C=O) groups excluding carboxylic acids is 3. The molecule has 0 unspecified atom stereocenters. The number of nitrogens with one attached hydrogen (secondary N) is 3. The number of aromatic nitrogens is 6. The summed E-state index contributed by atoms with van der Waals surface area (Å²) in [7, 11) is 1.32. The van der Waals surface area contributed by atoms with Crippen LogP contribution in [0.4, 0.5) is 5.69 Å². The first kappa shape index (κ1) is 29.7. The summed E-state index contributed by atoms with van der Waals surface area (Å²) in [6, 6.07) is 9.77. The van der Waals surface area contributed by atoms with Gasteiger partial charge in [0.1, 0.15) is 23.0 Å². The molecule has 220 valence electrons. The third-order valence-corrected chi connectivity index (χ3v) is 7.10. The summed E-state index contributed by atoms with van der Waals surface area (Å²) in [5.41, 5.74) is 3.33. The number of allylic oxidation sites excluding steroid dienone is 1. The average molecular weight is 621 g/mol. The smallest absolute Gasteiger partial charge is 0.309 e. The Kier molecular flexibility index (Phi) is 9.28. The topological polar surface area (TPSA) is 157 Å². The summed E-state index contributed by atoms with van der Waals surface area (Å²) in [4.78, 5) is 45.5. The predicted octanol–water partition coefficient (Wildman–Crippen LogP) is 4.62. The normalized spacial score (nSPS) is 15.9. The van der Waals surface area contributed by atoms with Gasteiger partial charge in [0.05, 0.1) is 30.9 Å². The minimum absolute atomic E-state index is 0.0377. The van der Waals surface area contributed by atoms with Gasteiger partial charge < -0.3 is 20.4 Å². The number of amides is 2. The number of esters is 1. The van der Waals surface area contributed by atoms with Crippen LogP contribution in [0.1, 0.15) is 42.3 Å². The number of benzene rings is 2. The van der Waals surface area contributed by atoms with Crippen molar-refractivity contribution in [3.8, 4) is 16.9 Å². The van der Waals surface area contributed by atoms with E-state index in [4.69, 9.17) is 32.9 Å². The molecule has 2 bridgehead atoms. The van der Waals surface area contributed by atoms with Crippen LogP contribution in [0.15, 0.2) is 61.0 Å². The number of H-pyrrole nitrogens is 1. The van der Waals surface area contributed by atoms with E-state index in [-0.39, 0.29) is 29.8 Å². The SMILES string of the molecule is COC(=O)Cc1ccc2c(c1)NC(=O)CC/C=C/C[C@H](NC(=O)/C=C/c1cc(Cl)ccc1-n1cnnn1)c1nc-2c(Cl)[nH]1. The Balaban J connectivity index is 1.44. The highest BCUT2D eigenvalue weighted by atomic mass is 35.5. The second kappa shape index (κ2) is 13.4. The predicted molar refractivity (Wildman–Crippen MR) is 160 cm³/mol. The number of halogens is 2. The van der Waals surface area contributed by atoms with E-state index in [0.29, 0.717) is 57.4 Å². The monoisotopic (exact) mass is 620 g/mol. The maximum atomic E-state index is 13.1. The molecule has 0 fully saturated rings. The fourth-order valence-corrected chi connectivity index (χ4v) is 4.92. The number of fused-ring (bicyclic) bond motifs is 4. The van der Waals surface area contributed by atoms with Crippen LogP contribution in [0.3, 0.4) is 0 Å². The molecule has 0 aliphatic carbocycles. The van der Waals surface area contributed by atoms with E-state index in [1.165, 1.54) is 24.2 Å². The van der Waals surface area contributed by atoms with Crippen LogP contribution >= 0.6 is 23.2 Å². The number of carbonyl (C=O) groups is 3. The molecular formula is C29H26Cl2N8O4. The van der Waals surface area contributed by atoms with Crippen LogP contribution in [0.25, 0.3) is 23.0 Å². The second-order valence-electron chi connectivity index (χ2n) is 9.56. The molecule has 5 rings (SSSR count). The molecule has 43 heavy (non-hydrogen) atoms. The number of rotatable bonds is 6. The lowest BCUT2D eigenvalue weighted by Crippen LogP contribution is -2.27. The molecule has 0 spiro atoms. The fourth-order valence-electron chi connectivity index (χ4n) is 4.50. The average Bonchev–Trinajstić information content (AvgIpc) is 3.65. The minimum Gasteiger partial charge on any atom is -0.469 e. The Bertz CT molecular complexity index is 1720. The molecule has 2 amide bonds. The van der Waals surface area contributed by atoms with Gasteiger partial charge in [-0.15, -0.1) is 5.10 Å². The Morgan fingerprint density at radius 2 is 2.05 bits per heavy atom. The van der Waals surface area contributed by atoms with Crippen LogP contribution in [-0.2, 0) is 25.5 Å². The van der Waals surface area contributed by atoms with Gasteiger partial charge in [0, 0.05) is 28.6 Å². The van der Waals surface area contributed by atoms with Gasteiger partial charge >= 0.3 is 5.97 Å². The molecular weight excluding hydrogens is 595 g/mol. The number of hydrogen-bond acceptors (Lipinski definition) is 8. The molecule has 1 aliphatic rings. The van der Waals surface area contributed by atoms with Crippen molar-refractivity contribution >= 4 is 52.7 Å². The zero-order valence-electron chi connectivity index (χ0n) is 22.9. The number of imidazole rings is 1. The summed E-state index contributed by atoms with van der Waals surface area (Å²) >= 11 is 12.8. The molecule has 4 aromatic rings. The standard InChI is InChI=1S/C29H26Cl2N8O4/c1-43-26(42)14-17-7-10-20-22(13-17)34-24(40)6-4-2-3-5-21(29-35-27(20)28(31)36-29)33-25(41)12-8-18-15-19(30)9-11-23(18)39-16-32-37-38-39/h2-3,7-13,15-16,21H,4-6,14H2,1H3,(H,33,41)(H,34,40)(H,35,36)/b3-2+,12-8+/t21-/m0/s1. The summed E-state index contributed by atoms with van der Waals surface area (Å²) in [6.45, 7) is 0. The molecule has 14 heteroatoms. The Labute approximate surface area is 256 Å². The van der Waals surface area contributed by atoms with E-state index >= 15 is 0 Å². The second-order valence-corrected chi connectivity index (χ2v) is 10.4. The Morgan fingerprint density at radius 1 is 1.19 bits per heavy atom. The van der Waals surface area contributed by atoms with Crippen molar-refractivity contribution in [2.75, 3.05) is 12.4 Å². The van der Waals surface area contributed by atoms with Crippen LogP contribution < -0.4 is 10.6 Å². The van der Waals surface area contributed by atoms with Crippen molar-refractivity contribution in [1.82, 2.24) is 35.5 Å². The van der Waals surface area contributed by atoms with Crippen LogP contribution in [-0.4, -0.2) is 55.1 Å². The van der Waals surface area contributed by atoms with Crippen molar-refractivity contribution in [2.24, 2.45) is 0 Å². The highest BCUT2D eigenvalue weighted by molar-refractivity contribution is 6.32. The first-order chi connectivity index (χ1) is 20.8. The number of aromatic amines is 1. The lowest BCUT2D eigenvalue weighted by atomic mass is 10.0. The van der Waals surface area contributed by atoms with Crippen molar-refractivity contribution in [3.05, 3.63) is 88.1 Å². The number of anilines is 1. The third-order valence-electron chi connectivity index (χ3n) is 6.59. The van der Waals surface area contributed by atoms with Gasteiger partial charge in [0.2, 0.25) is 11.8 Å². The first-order valence-corrected chi connectivity index (χ1v) is 14.0. The number of ether oxygens (including phenoxy) is 1. The number of methoxy groups -OCH3 is 1. The molecule has 1 atom stereocenters. The molecule has 2 aromatic carbocycles.